The van der Waals surface area contributed by atoms with Gasteiger partial charge in [0.15, 0.2) is 5.78 Å². The molecular formula is C17H23NO. The van der Waals surface area contributed by atoms with Gasteiger partial charge in [-0.3, -0.25) is 9.69 Å². The molecule has 2 aliphatic rings. The first-order valence-corrected chi connectivity index (χ1v) is 7.48. The van der Waals surface area contributed by atoms with Crippen LogP contribution in [0.15, 0.2) is 18.2 Å². The van der Waals surface area contributed by atoms with E-state index in [2.05, 4.69) is 17.9 Å². The van der Waals surface area contributed by atoms with Crippen molar-refractivity contribution in [1.29, 1.82) is 0 Å². The summed E-state index contributed by atoms with van der Waals surface area (Å²) in [5.74, 6) is 1.16. The Hall–Kier alpha value is -1.15. The highest BCUT2D eigenvalue weighted by Gasteiger charge is 2.34. The van der Waals surface area contributed by atoms with Gasteiger partial charge in [0.2, 0.25) is 0 Å². The zero-order valence-corrected chi connectivity index (χ0v) is 12.0. The van der Waals surface area contributed by atoms with Crippen molar-refractivity contribution in [3.05, 3.63) is 34.9 Å². The fourth-order valence-electron chi connectivity index (χ4n) is 2.81. The summed E-state index contributed by atoms with van der Waals surface area (Å²) in [4.78, 5) is 14.9. The van der Waals surface area contributed by atoms with Crippen LogP contribution in [0.3, 0.4) is 0 Å². The van der Waals surface area contributed by atoms with E-state index < -0.39 is 0 Å². The van der Waals surface area contributed by atoms with Crippen LogP contribution in [0.1, 0.15) is 47.2 Å². The number of aryl methyl sites for hydroxylation is 2. The Labute approximate surface area is 115 Å². The summed E-state index contributed by atoms with van der Waals surface area (Å²) in [6, 6.07) is 6.84. The first-order chi connectivity index (χ1) is 9.13. The minimum Gasteiger partial charge on any atom is -0.293 e. The lowest BCUT2D eigenvalue weighted by atomic mass is 10.0. The van der Waals surface area contributed by atoms with E-state index in [-0.39, 0.29) is 0 Å². The maximum atomic E-state index is 12.5. The first-order valence-electron chi connectivity index (χ1n) is 7.48. The summed E-state index contributed by atoms with van der Waals surface area (Å²) in [6.45, 7) is 5.87. The number of benzene rings is 1. The zero-order chi connectivity index (χ0) is 13.4. The average Bonchev–Trinajstić information content (AvgIpc) is 3.22. The largest absolute Gasteiger partial charge is 0.293 e. The van der Waals surface area contributed by atoms with Crippen LogP contribution in [-0.4, -0.2) is 29.8 Å². The maximum absolute atomic E-state index is 12.5. The third-order valence-electron chi connectivity index (χ3n) is 4.28. The average molecular weight is 257 g/mol. The second-order valence-corrected chi connectivity index (χ2v) is 6.35. The van der Waals surface area contributed by atoms with Crippen LogP contribution in [0.2, 0.25) is 0 Å². The van der Waals surface area contributed by atoms with Crippen molar-refractivity contribution in [2.24, 2.45) is 5.92 Å². The van der Waals surface area contributed by atoms with Gasteiger partial charge in [0, 0.05) is 18.2 Å². The Kier molecular flexibility index (Phi) is 3.44. The smallest absolute Gasteiger partial charge is 0.177 e. The molecule has 0 atom stereocenters. The summed E-state index contributed by atoms with van der Waals surface area (Å²) in [7, 11) is 0. The summed E-state index contributed by atoms with van der Waals surface area (Å²) in [6.07, 6.45) is 5.29. The lowest BCUT2D eigenvalue weighted by molar-refractivity contribution is 0.0920. The summed E-state index contributed by atoms with van der Waals surface area (Å²) in [5.41, 5.74) is 3.25. The van der Waals surface area contributed by atoms with Crippen LogP contribution in [0.25, 0.3) is 0 Å². The second kappa shape index (κ2) is 5.09. The number of ketones is 1. The summed E-state index contributed by atoms with van der Waals surface area (Å²) >= 11 is 0. The lowest BCUT2D eigenvalue weighted by Crippen LogP contribution is -2.34. The van der Waals surface area contributed by atoms with Crippen molar-refractivity contribution in [2.45, 2.75) is 45.6 Å². The molecule has 0 heterocycles. The number of rotatable bonds is 6. The molecule has 0 aromatic heterocycles. The van der Waals surface area contributed by atoms with E-state index in [1.165, 1.54) is 31.2 Å². The predicted molar refractivity (Wildman–Crippen MR) is 77.6 cm³/mol. The highest BCUT2D eigenvalue weighted by Crippen LogP contribution is 2.34. The van der Waals surface area contributed by atoms with E-state index in [4.69, 9.17) is 0 Å². The molecule has 102 valence electrons. The van der Waals surface area contributed by atoms with Gasteiger partial charge in [-0.2, -0.15) is 0 Å². The molecule has 0 radical (unpaired) electrons. The fraction of sp³-hybridized carbons (Fsp3) is 0.588. The summed E-state index contributed by atoms with van der Waals surface area (Å²) in [5, 5.41) is 0. The molecule has 0 bridgehead atoms. The topological polar surface area (TPSA) is 20.3 Å². The van der Waals surface area contributed by atoms with Gasteiger partial charge < -0.3 is 0 Å². The van der Waals surface area contributed by atoms with Crippen LogP contribution in [-0.2, 0) is 0 Å². The summed E-state index contributed by atoms with van der Waals surface area (Å²) < 4.78 is 0. The van der Waals surface area contributed by atoms with E-state index in [1.54, 1.807) is 0 Å². The van der Waals surface area contributed by atoms with Crippen molar-refractivity contribution in [1.82, 2.24) is 4.90 Å². The molecule has 1 aromatic carbocycles. The molecular weight excluding hydrogens is 234 g/mol. The van der Waals surface area contributed by atoms with Gasteiger partial charge in [0.25, 0.3) is 0 Å². The molecule has 2 saturated carbocycles. The van der Waals surface area contributed by atoms with Crippen molar-refractivity contribution in [3.63, 3.8) is 0 Å². The van der Waals surface area contributed by atoms with Crippen LogP contribution in [0.5, 0.6) is 0 Å². The number of Topliss-reactive ketones (excluding diaryl/α,β-unsaturated/α-hetero) is 1. The Balaban J connectivity index is 1.68. The second-order valence-electron chi connectivity index (χ2n) is 6.35. The lowest BCUT2D eigenvalue weighted by Gasteiger charge is -2.21. The van der Waals surface area contributed by atoms with Crippen LogP contribution < -0.4 is 0 Å². The number of carbonyl (C=O) groups is 1. The molecule has 0 aliphatic heterocycles. The van der Waals surface area contributed by atoms with Gasteiger partial charge in [0.1, 0.15) is 0 Å². The normalized spacial score (nSPS) is 18.9. The Bertz CT molecular complexity index is 486. The predicted octanol–water partition coefficient (Wildman–Crippen LogP) is 3.36. The number of hydrogen-bond donors (Lipinski definition) is 0. The minimum atomic E-state index is 0.296. The molecule has 0 spiro atoms. The third kappa shape index (κ3) is 3.24. The molecule has 0 N–H and O–H groups in total. The molecule has 0 saturated heterocycles. The third-order valence-corrected chi connectivity index (χ3v) is 4.28. The van der Waals surface area contributed by atoms with Crippen LogP contribution in [0.4, 0.5) is 0 Å². The highest BCUT2D eigenvalue weighted by molar-refractivity contribution is 5.99. The van der Waals surface area contributed by atoms with Crippen LogP contribution >= 0.6 is 0 Å². The monoisotopic (exact) mass is 257 g/mol. The zero-order valence-electron chi connectivity index (χ0n) is 12.0. The highest BCUT2D eigenvalue weighted by atomic mass is 16.1. The van der Waals surface area contributed by atoms with Gasteiger partial charge in [-0.1, -0.05) is 23.8 Å². The number of nitrogens with zero attached hydrogens (tertiary/aromatic N) is 1. The van der Waals surface area contributed by atoms with E-state index in [1.807, 2.05) is 19.1 Å². The van der Waals surface area contributed by atoms with Crippen molar-refractivity contribution in [3.8, 4) is 0 Å². The van der Waals surface area contributed by atoms with E-state index >= 15 is 0 Å². The first kappa shape index (κ1) is 12.9. The van der Waals surface area contributed by atoms with Crippen molar-refractivity contribution >= 4 is 5.78 Å². The number of hydrogen-bond acceptors (Lipinski definition) is 2. The molecule has 3 rings (SSSR count). The van der Waals surface area contributed by atoms with Gasteiger partial charge in [0.05, 0.1) is 6.54 Å². The minimum absolute atomic E-state index is 0.296. The Morgan fingerprint density at radius 2 is 1.95 bits per heavy atom. The molecule has 2 nitrogen and oxygen atoms in total. The fourth-order valence-corrected chi connectivity index (χ4v) is 2.81. The quantitative estimate of drug-likeness (QED) is 0.728. The Morgan fingerprint density at radius 3 is 2.53 bits per heavy atom. The number of carbonyl (C=O) groups excluding carboxylic acids is 1. The molecule has 2 aliphatic carbocycles. The Morgan fingerprint density at radius 1 is 1.21 bits per heavy atom. The standard InChI is InChI=1S/C17H23NO/c1-12-3-8-16(13(2)9-12)17(19)11-18(15-6-7-15)10-14-4-5-14/h3,8-9,14-15H,4-7,10-11H2,1-2H3. The van der Waals surface area contributed by atoms with E-state index in [0.717, 1.165) is 23.6 Å². The van der Waals surface area contributed by atoms with Crippen LogP contribution in [0, 0.1) is 19.8 Å². The molecule has 2 heteroatoms. The molecule has 2 fully saturated rings. The van der Waals surface area contributed by atoms with Gasteiger partial charge in [-0.05, 0) is 51.0 Å². The van der Waals surface area contributed by atoms with Gasteiger partial charge >= 0.3 is 0 Å². The molecule has 1 aromatic rings. The van der Waals surface area contributed by atoms with Crippen molar-refractivity contribution < 1.29 is 4.79 Å². The molecule has 19 heavy (non-hydrogen) atoms. The van der Waals surface area contributed by atoms with Gasteiger partial charge in [-0.15, -0.1) is 0 Å². The van der Waals surface area contributed by atoms with Gasteiger partial charge in [-0.25, -0.2) is 0 Å². The maximum Gasteiger partial charge on any atom is 0.177 e. The SMILES string of the molecule is Cc1ccc(C(=O)CN(CC2CC2)C2CC2)c(C)c1. The molecule has 0 unspecified atom stereocenters. The molecule has 0 amide bonds. The van der Waals surface area contributed by atoms with Crippen molar-refractivity contribution in [2.75, 3.05) is 13.1 Å². The van der Waals surface area contributed by atoms with E-state index in [0.29, 0.717) is 18.4 Å². The van der Waals surface area contributed by atoms with E-state index in [9.17, 15) is 4.79 Å².